The Kier molecular flexibility index (Phi) is 5.13. The quantitative estimate of drug-likeness (QED) is 0.367. The maximum Gasteiger partial charge on any atom is 0.359 e. The number of carbonyl (C=O) groups is 1. The van der Waals surface area contributed by atoms with Crippen molar-refractivity contribution in [2.75, 3.05) is 13.4 Å². The standard InChI is InChI=1S/C20H16N4O4S/c1-27-20(26)17-14-5-3-4-6-15(14)19(25)24(22-17)11-16-21-18(23-28-16)12-7-9-13(29-2)10-8-12/h3-10H,11H2,1-2H3. The molecular formula is C20H16N4O4S. The lowest BCUT2D eigenvalue weighted by Crippen LogP contribution is -2.27. The highest BCUT2D eigenvalue weighted by Crippen LogP contribution is 2.21. The largest absolute Gasteiger partial charge is 0.464 e. The van der Waals surface area contributed by atoms with Crippen LogP contribution in [0.4, 0.5) is 0 Å². The molecule has 29 heavy (non-hydrogen) atoms. The number of benzene rings is 2. The number of hydrogen-bond acceptors (Lipinski definition) is 8. The van der Waals surface area contributed by atoms with Gasteiger partial charge in [-0.3, -0.25) is 4.79 Å². The van der Waals surface area contributed by atoms with E-state index in [0.717, 1.165) is 15.1 Å². The summed E-state index contributed by atoms with van der Waals surface area (Å²) in [6.45, 7) is -0.0659. The number of thioether (sulfide) groups is 1. The minimum absolute atomic E-state index is 0.0510. The number of nitrogens with zero attached hydrogens (tertiary/aromatic N) is 4. The maximum atomic E-state index is 12.8. The van der Waals surface area contributed by atoms with Crippen molar-refractivity contribution in [3.63, 3.8) is 0 Å². The van der Waals surface area contributed by atoms with Crippen molar-refractivity contribution in [2.45, 2.75) is 11.4 Å². The predicted octanol–water partition coefficient (Wildman–Crippen LogP) is 3.00. The molecule has 2 heterocycles. The number of rotatable bonds is 5. The molecule has 2 aromatic carbocycles. The molecule has 0 spiro atoms. The van der Waals surface area contributed by atoms with Crippen LogP contribution in [0.5, 0.6) is 0 Å². The number of fused-ring (bicyclic) bond motifs is 1. The highest BCUT2D eigenvalue weighted by atomic mass is 32.2. The number of methoxy groups -OCH3 is 1. The first-order valence-electron chi connectivity index (χ1n) is 8.66. The number of esters is 1. The molecule has 0 fully saturated rings. The van der Waals surface area contributed by atoms with Gasteiger partial charge in [-0.15, -0.1) is 11.8 Å². The number of ether oxygens (including phenoxy) is 1. The van der Waals surface area contributed by atoms with Crippen molar-refractivity contribution in [3.05, 3.63) is 70.5 Å². The fourth-order valence-electron chi connectivity index (χ4n) is 2.89. The Morgan fingerprint density at radius 3 is 2.55 bits per heavy atom. The Hall–Kier alpha value is -3.46. The fourth-order valence-corrected chi connectivity index (χ4v) is 3.30. The lowest BCUT2D eigenvalue weighted by atomic mass is 10.1. The topological polar surface area (TPSA) is 100 Å². The molecule has 0 unspecified atom stereocenters. The van der Waals surface area contributed by atoms with Crippen LogP contribution in [0.25, 0.3) is 22.2 Å². The summed E-state index contributed by atoms with van der Waals surface area (Å²) in [6.07, 6.45) is 2.00. The van der Waals surface area contributed by atoms with Crippen molar-refractivity contribution in [1.29, 1.82) is 0 Å². The van der Waals surface area contributed by atoms with Gasteiger partial charge in [0.2, 0.25) is 11.7 Å². The van der Waals surface area contributed by atoms with Crippen LogP contribution < -0.4 is 5.56 Å². The molecule has 0 N–H and O–H groups in total. The fraction of sp³-hybridized carbons (Fsp3) is 0.150. The van der Waals surface area contributed by atoms with Gasteiger partial charge in [-0.2, -0.15) is 10.1 Å². The Morgan fingerprint density at radius 1 is 1.14 bits per heavy atom. The summed E-state index contributed by atoms with van der Waals surface area (Å²) in [7, 11) is 1.26. The molecule has 0 radical (unpaired) electrons. The molecule has 2 aromatic heterocycles. The molecule has 0 saturated carbocycles. The monoisotopic (exact) mass is 408 g/mol. The molecule has 9 heteroatoms. The van der Waals surface area contributed by atoms with E-state index in [1.165, 1.54) is 7.11 Å². The van der Waals surface area contributed by atoms with Gasteiger partial charge >= 0.3 is 5.97 Å². The van der Waals surface area contributed by atoms with Crippen molar-refractivity contribution in [3.8, 4) is 11.4 Å². The van der Waals surface area contributed by atoms with Crippen LogP contribution in [-0.4, -0.2) is 39.3 Å². The van der Waals surface area contributed by atoms with Gasteiger partial charge in [0.15, 0.2) is 5.69 Å². The van der Waals surface area contributed by atoms with Gasteiger partial charge in [0.05, 0.1) is 12.5 Å². The van der Waals surface area contributed by atoms with E-state index in [2.05, 4.69) is 15.2 Å². The lowest BCUT2D eigenvalue weighted by Gasteiger charge is -2.08. The number of carbonyl (C=O) groups excluding carboxylic acids is 1. The van der Waals surface area contributed by atoms with Crippen LogP contribution in [0.3, 0.4) is 0 Å². The molecule has 4 rings (SSSR count). The van der Waals surface area contributed by atoms with E-state index in [4.69, 9.17) is 9.26 Å². The summed E-state index contributed by atoms with van der Waals surface area (Å²) in [6, 6.07) is 14.5. The van der Waals surface area contributed by atoms with E-state index >= 15 is 0 Å². The van der Waals surface area contributed by atoms with E-state index < -0.39 is 5.97 Å². The summed E-state index contributed by atoms with van der Waals surface area (Å²) < 4.78 is 11.2. The molecule has 0 atom stereocenters. The van der Waals surface area contributed by atoms with Crippen LogP contribution in [0.1, 0.15) is 16.4 Å². The molecule has 0 aliphatic heterocycles. The van der Waals surface area contributed by atoms with Gasteiger partial charge in [-0.05, 0) is 36.6 Å². The lowest BCUT2D eigenvalue weighted by molar-refractivity contribution is 0.0593. The normalized spacial score (nSPS) is 11.0. The van der Waals surface area contributed by atoms with Crippen LogP contribution in [-0.2, 0) is 11.3 Å². The van der Waals surface area contributed by atoms with Crippen molar-refractivity contribution in [1.82, 2.24) is 19.9 Å². The number of aromatic nitrogens is 4. The summed E-state index contributed by atoms with van der Waals surface area (Å²) in [5.41, 5.74) is 0.485. The molecule has 146 valence electrons. The minimum Gasteiger partial charge on any atom is -0.464 e. The van der Waals surface area contributed by atoms with Gasteiger partial charge in [0, 0.05) is 15.8 Å². The van der Waals surface area contributed by atoms with Gasteiger partial charge in [0.25, 0.3) is 5.56 Å². The predicted molar refractivity (Wildman–Crippen MR) is 108 cm³/mol. The van der Waals surface area contributed by atoms with Crippen LogP contribution in [0.15, 0.2) is 62.7 Å². The zero-order valence-electron chi connectivity index (χ0n) is 15.7. The van der Waals surface area contributed by atoms with Gasteiger partial charge < -0.3 is 9.26 Å². The van der Waals surface area contributed by atoms with E-state index in [1.807, 2.05) is 30.5 Å². The highest BCUT2D eigenvalue weighted by Gasteiger charge is 2.18. The molecule has 0 saturated heterocycles. The third-order valence-corrected chi connectivity index (χ3v) is 5.09. The van der Waals surface area contributed by atoms with E-state index in [-0.39, 0.29) is 23.7 Å². The average Bonchev–Trinajstić information content (AvgIpc) is 3.24. The number of hydrogen-bond donors (Lipinski definition) is 0. The van der Waals surface area contributed by atoms with Crippen molar-refractivity contribution >= 4 is 28.5 Å². The van der Waals surface area contributed by atoms with E-state index in [1.54, 1.807) is 36.0 Å². The minimum atomic E-state index is -0.630. The Morgan fingerprint density at radius 2 is 1.86 bits per heavy atom. The molecule has 0 bridgehead atoms. The van der Waals surface area contributed by atoms with Gasteiger partial charge in [0.1, 0.15) is 6.54 Å². The third kappa shape index (κ3) is 3.64. The maximum absolute atomic E-state index is 12.8. The van der Waals surface area contributed by atoms with E-state index in [0.29, 0.717) is 16.6 Å². The first kappa shape index (κ1) is 18.9. The van der Waals surface area contributed by atoms with Crippen LogP contribution in [0.2, 0.25) is 0 Å². The SMILES string of the molecule is COC(=O)c1nn(Cc2nc(-c3ccc(SC)cc3)no2)c(=O)c2ccccc12. The van der Waals surface area contributed by atoms with Crippen LogP contribution >= 0.6 is 11.8 Å². The van der Waals surface area contributed by atoms with Gasteiger partial charge in [-0.25, -0.2) is 9.48 Å². The van der Waals surface area contributed by atoms with Crippen molar-refractivity contribution in [2.24, 2.45) is 0 Å². The first-order chi connectivity index (χ1) is 14.1. The summed E-state index contributed by atoms with van der Waals surface area (Å²) in [4.78, 5) is 30.4. The smallest absolute Gasteiger partial charge is 0.359 e. The molecule has 8 nitrogen and oxygen atoms in total. The summed E-state index contributed by atoms with van der Waals surface area (Å²) in [5.74, 6) is -0.0145. The highest BCUT2D eigenvalue weighted by molar-refractivity contribution is 7.98. The second kappa shape index (κ2) is 7.88. The Balaban J connectivity index is 1.71. The molecule has 4 aromatic rings. The van der Waals surface area contributed by atoms with Crippen LogP contribution in [0, 0.1) is 0 Å². The third-order valence-electron chi connectivity index (χ3n) is 4.35. The Labute approximate surface area is 169 Å². The second-order valence-electron chi connectivity index (χ2n) is 6.09. The second-order valence-corrected chi connectivity index (χ2v) is 6.97. The molecule has 0 aliphatic carbocycles. The summed E-state index contributed by atoms with van der Waals surface area (Å²) in [5, 5.41) is 8.93. The average molecular weight is 408 g/mol. The zero-order valence-corrected chi connectivity index (χ0v) is 16.5. The molecule has 0 aliphatic rings. The molecule has 0 amide bonds. The van der Waals surface area contributed by atoms with Gasteiger partial charge in [-0.1, -0.05) is 23.4 Å². The zero-order chi connectivity index (χ0) is 20.4. The molecular weight excluding hydrogens is 392 g/mol. The Bertz CT molecular complexity index is 1250. The first-order valence-corrected chi connectivity index (χ1v) is 9.88. The summed E-state index contributed by atoms with van der Waals surface area (Å²) >= 11 is 1.64. The van der Waals surface area contributed by atoms with Crippen molar-refractivity contribution < 1.29 is 14.1 Å². The van der Waals surface area contributed by atoms with E-state index in [9.17, 15) is 9.59 Å².